The molecule has 0 atom stereocenters. The molecule has 9 heteroatoms. The Morgan fingerprint density at radius 1 is 1.22 bits per heavy atom. The highest BCUT2D eigenvalue weighted by Gasteiger charge is 2.34. The first kappa shape index (κ1) is 21.8. The third-order valence-electron chi connectivity index (χ3n) is 5.11. The Kier molecular flexibility index (Phi) is 6.96. The van der Waals surface area contributed by atoms with Gasteiger partial charge in [0.15, 0.2) is 5.13 Å². The van der Waals surface area contributed by atoms with Crippen molar-refractivity contribution < 1.29 is 14.3 Å². The SMILES string of the molecule is COc1cccc(Nc2nc(C(=O)N(CCC(=O)NCc3ccncc3)C3CC3)cs2)c1. The van der Waals surface area contributed by atoms with Crippen molar-refractivity contribution >= 4 is 34.0 Å². The van der Waals surface area contributed by atoms with E-state index in [0.717, 1.165) is 29.8 Å². The number of nitrogens with one attached hydrogen (secondary N) is 2. The van der Waals surface area contributed by atoms with Gasteiger partial charge in [-0.15, -0.1) is 11.3 Å². The van der Waals surface area contributed by atoms with Crippen LogP contribution in [0, 0.1) is 0 Å². The van der Waals surface area contributed by atoms with E-state index in [4.69, 9.17) is 4.74 Å². The van der Waals surface area contributed by atoms with Crippen molar-refractivity contribution in [1.82, 2.24) is 20.2 Å². The van der Waals surface area contributed by atoms with E-state index in [1.54, 1.807) is 29.8 Å². The maximum atomic E-state index is 13.1. The van der Waals surface area contributed by atoms with Crippen molar-refractivity contribution in [3.05, 3.63) is 65.4 Å². The summed E-state index contributed by atoms with van der Waals surface area (Å²) < 4.78 is 5.24. The van der Waals surface area contributed by atoms with E-state index in [2.05, 4.69) is 20.6 Å². The van der Waals surface area contributed by atoms with E-state index in [1.165, 1.54) is 11.3 Å². The Bertz CT molecular complexity index is 1070. The lowest BCUT2D eigenvalue weighted by Gasteiger charge is -2.21. The normalized spacial score (nSPS) is 12.8. The molecule has 0 unspecified atom stereocenters. The van der Waals surface area contributed by atoms with Gasteiger partial charge >= 0.3 is 0 Å². The second-order valence-electron chi connectivity index (χ2n) is 7.51. The summed E-state index contributed by atoms with van der Waals surface area (Å²) in [6.07, 6.45) is 5.57. The monoisotopic (exact) mass is 451 g/mol. The Morgan fingerprint density at radius 2 is 2.03 bits per heavy atom. The van der Waals surface area contributed by atoms with Gasteiger partial charge in [0.25, 0.3) is 5.91 Å². The van der Waals surface area contributed by atoms with Crippen LogP contribution >= 0.6 is 11.3 Å². The molecule has 2 amide bonds. The summed E-state index contributed by atoms with van der Waals surface area (Å²) in [5.41, 5.74) is 2.22. The molecule has 1 saturated carbocycles. The largest absolute Gasteiger partial charge is 0.497 e. The van der Waals surface area contributed by atoms with E-state index >= 15 is 0 Å². The summed E-state index contributed by atoms with van der Waals surface area (Å²) in [5, 5.41) is 8.49. The fraction of sp³-hybridized carbons (Fsp3) is 0.304. The molecule has 0 spiro atoms. The number of amides is 2. The van der Waals surface area contributed by atoms with E-state index in [-0.39, 0.29) is 24.3 Å². The number of carbonyl (C=O) groups excluding carboxylic acids is 2. The van der Waals surface area contributed by atoms with E-state index in [0.29, 0.717) is 23.9 Å². The lowest BCUT2D eigenvalue weighted by molar-refractivity contribution is -0.121. The van der Waals surface area contributed by atoms with Crippen LogP contribution in [0.4, 0.5) is 10.8 Å². The molecule has 2 heterocycles. The Labute approximate surface area is 190 Å². The average molecular weight is 452 g/mol. The summed E-state index contributed by atoms with van der Waals surface area (Å²) in [6, 6.07) is 11.4. The highest BCUT2D eigenvalue weighted by Crippen LogP contribution is 2.30. The minimum Gasteiger partial charge on any atom is -0.497 e. The number of aromatic nitrogens is 2. The maximum absolute atomic E-state index is 13.1. The molecule has 2 aromatic heterocycles. The zero-order valence-electron chi connectivity index (χ0n) is 17.8. The van der Waals surface area contributed by atoms with E-state index < -0.39 is 0 Å². The predicted molar refractivity (Wildman–Crippen MR) is 123 cm³/mol. The van der Waals surface area contributed by atoms with Crippen molar-refractivity contribution in [2.24, 2.45) is 0 Å². The van der Waals surface area contributed by atoms with Crippen molar-refractivity contribution in [1.29, 1.82) is 0 Å². The van der Waals surface area contributed by atoms with Crippen LogP contribution in [0.1, 0.15) is 35.3 Å². The van der Waals surface area contributed by atoms with Crippen LogP contribution in [0.2, 0.25) is 0 Å². The van der Waals surface area contributed by atoms with Gasteiger partial charge in [-0.05, 0) is 42.7 Å². The first-order chi connectivity index (χ1) is 15.6. The smallest absolute Gasteiger partial charge is 0.273 e. The molecule has 32 heavy (non-hydrogen) atoms. The van der Waals surface area contributed by atoms with Gasteiger partial charge < -0.3 is 20.3 Å². The standard InChI is InChI=1S/C23H25N5O3S/c1-31-19-4-2-3-17(13-19)26-23-27-20(15-32-23)22(30)28(18-5-6-18)12-9-21(29)25-14-16-7-10-24-11-8-16/h2-4,7-8,10-11,13,15,18H,5-6,9,12,14H2,1H3,(H,25,29)(H,26,27). The molecular weight excluding hydrogens is 426 g/mol. The Hall–Kier alpha value is -3.46. The Balaban J connectivity index is 1.32. The van der Waals surface area contributed by atoms with E-state index in [1.807, 2.05) is 36.4 Å². The lowest BCUT2D eigenvalue weighted by Crippen LogP contribution is -2.37. The van der Waals surface area contributed by atoms with Crippen molar-refractivity contribution in [2.75, 3.05) is 19.0 Å². The molecule has 4 rings (SSSR count). The average Bonchev–Trinajstić information content (AvgIpc) is 3.56. The molecule has 1 aromatic carbocycles. The predicted octanol–water partition coefficient (Wildman–Crippen LogP) is 3.60. The summed E-state index contributed by atoms with van der Waals surface area (Å²) in [4.78, 5) is 35.6. The molecule has 1 aliphatic carbocycles. The van der Waals surface area contributed by atoms with Crippen LogP contribution in [0.5, 0.6) is 5.75 Å². The summed E-state index contributed by atoms with van der Waals surface area (Å²) >= 11 is 1.37. The molecule has 1 aliphatic rings. The second-order valence-corrected chi connectivity index (χ2v) is 8.36. The van der Waals surface area contributed by atoms with Crippen LogP contribution in [0.15, 0.2) is 54.2 Å². The first-order valence-electron chi connectivity index (χ1n) is 10.5. The number of hydrogen-bond donors (Lipinski definition) is 2. The van der Waals surface area contributed by atoms with Crippen LogP contribution in [-0.2, 0) is 11.3 Å². The fourth-order valence-electron chi connectivity index (χ4n) is 3.25. The second kappa shape index (κ2) is 10.2. The molecule has 1 fully saturated rings. The molecule has 0 saturated heterocycles. The molecule has 0 aliphatic heterocycles. The van der Waals surface area contributed by atoms with Crippen LogP contribution in [0.25, 0.3) is 0 Å². The number of benzene rings is 1. The summed E-state index contributed by atoms with van der Waals surface area (Å²) in [7, 11) is 1.62. The van der Waals surface area contributed by atoms with Gasteiger partial charge in [-0.3, -0.25) is 14.6 Å². The number of carbonyl (C=O) groups is 2. The quantitative estimate of drug-likeness (QED) is 0.489. The number of methoxy groups -OCH3 is 1. The third kappa shape index (κ3) is 5.82. The number of thiazole rings is 1. The van der Waals surface area contributed by atoms with Crippen LogP contribution < -0.4 is 15.4 Å². The molecule has 2 N–H and O–H groups in total. The number of pyridine rings is 1. The molecule has 0 radical (unpaired) electrons. The van der Waals surface area contributed by atoms with Crippen LogP contribution in [-0.4, -0.2) is 46.4 Å². The summed E-state index contributed by atoms with van der Waals surface area (Å²) in [6.45, 7) is 0.825. The minimum atomic E-state index is -0.135. The van der Waals surface area contributed by atoms with E-state index in [9.17, 15) is 9.59 Å². The minimum absolute atomic E-state index is 0.0843. The number of rotatable bonds is 10. The summed E-state index contributed by atoms with van der Waals surface area (Å²) in [5.74, 6) is 0.522. The zero-order valence-corrected chi connectivity index (χ0v) is 18.6. The lowest BCUT2D eigenvalue weighted by atomic mass is 10.2. The molecule has 166 valence electrons. The Morgan fingerprint density at radius 3 is 2.78 bits per heavy atom. The van der Waals surface area contributed by atoms with Crippen molar-refractivity contribution in [3.8, 4) is 5.75 Å². The zero-order chi connectivity index (χ0) is 22.3. The van der Waals surface area contributed by atoms with Gasteiger partial charge in [0.1, 0.15) is 11.4 Å². The van der Waals surface area contributed by atoms with Crippen LogP contribution in [0.3, 0.4) is 0 Å². The molecule has 8 nitrogen and oxygen atoms in total. The van der Waals surface area contributed by atoms with Gasteiger partial charge in [0, 0.05) is 55.1 Å². The molecule has 3 aromatic rings. The number of ether oxygens (including phenoxy) is 1. The number of hydrogen-bond acceptors (Lipinski definition) is 7. The number of anilines is 2. The van der Waals surface area contributed by atoms with Gasteiger partial charge in [0.2, 0.25) is 5.91 Å². The van der Waals surface area contributed by atoms with Crippen molar-refractivity contribution in [2.45, 2.75) is 31.8 Å². The molecular formula is C23H25N5O3S. The fourth-order valence-corrected chi connectivity index (χ4v) is 3.95. The van der Waals surface area contributed by atoms with Crippen molar-refractivity contribution in [3.63, 3.8) is 0 Å². The topological polar surface area (TPSA) is 96.5 Å². The first-order valence-corrected chi connectivity index (χ1v) is 11.3. The van der Waals surface area contributed by atoms with Gasteiger partial charge in [0.05, 0.1) is 7.11 Å². The number of nitrogens with zero attached hydrogens (tertiary/aromatic N) is 3. The third-order valence-corrected chi connectivity index (χ3v) is 5.87. The highest BCUT2D eigenvalue weighted by molar-refractivity contribution is 7.14. The van der Waals surface area contributed by atoms with Gasteiger partial charge in [-0.1, -0.05) is 6.07 Å². The van der Waals surface area contributed by atoms with Gasteiger partial charge in [-0.2, -0.15) is 0 Å². The maximum Gasteiger partial charge on any atom is 0.273 e. The van der Waals surface area contributed by atoms with Gasteiger partial charge in [-0.25, -0.2) is 4.98 Å². The molecule has 0 bridgehead atoms. The highest BCUT2D eigenvalue weighted by atomic mass is 32.1.